The van der Waals surface area contributed by atoms with Gasteiger partial charge in [-0.25, -0.2) is 0 Å². The van der Waals surface area contributed by atoms with Gasteiger partial charge < -0.3 is 0 Å². The van der Waals surface area contributed by atoms with E-state index in [4.69, 9.17) is 0 Å². The molecule has 2 aromatic heterocycles. The van der Waals surface area contributed by atoms with Gasteiger partial charge in [-0.15, -0.1) is 0 Å². The molecule has 2 saturated carbocycles. The van der Waals surface area contributed by atoms with Gasteiger partial charge in [-0.2, -0.15) is 0 Å². The van der Waals surface area contributed by atoms with Crippen molar-refractivity contribution in [2.45, 2.75) is 484 Å². The van der Waals surface area contributed by atoms with Crippen molar-refractivity contribution in [1.29, 1.82) is 0 Å². The summed E-state index contributed by atoms with van der Waals surface area (Å²) in [7, 11) is 0. The maximum atomic E-state index is 14.8. The molecule has 12 heteroatoms. The number of aromatic nitrogens is 2. The molecule has 4 heterocycles. The maximum absolute atomic E-state index is 14.8. The van der Waals surface area contributed by atoms with Crippen LogP contribution in [0.5, 0.6) is 0 Å². The van der Waals surface area contributed by atoms with Crippen molar-refractivity contribution in [1.82, 2.24) is 18.9 Å². The van der Waals surface area contributed by atoms with E-state index in [1.807, 2.05) is 13.8 Å². The van der Waals surface area contributed by atoms with Gasteiger partial charge in [0.15, 0.2) is 0 Å². The van der Waals surface area contributed by atoms with Crippen LogP contribution in [-0.2, 0) is 31.3 Å². The van der Waals surface area contributed by atoms with Crippen molar-refractivity contribution in [2.24, 2.45) is 47.3 Å². The number of hydrogen-bond donors (Lipinski definition) is 0. The number of unbranched alkanes of at least 4 members (excludes halogenated alkanes) is 40. The smallest absolute Gasteiger partial charge is 0.262 e. The summed E-state index contributed by atoms with van der Waals surface area (Å²) in [6.07, 6.45) is 84.8. The van der Waals surface area contributed by atoms with Crippen LogP contribution in [0.1, 0.15) is 466 Å². The number of imide groups is 2. The third kappa shape index (κ3) is 31.1. The quantitative estimate of drug-likeness (QED) is 0.0400. The van der Waals surface area contributed by atoms with Gasteiger partial charge in [0.25, 0.3) is 45.9 Å². The highest BCUT2D eigenvalue weighted by atomic mass is 16.2. The highest BCUT2D eigenvalue weighted by Gasteiger charge is 2.41. The van der Waals surface area contributed by atoms with Crippen LogP contribution in [0.4, 0.5) is 0 Å². The zero-order valence-electron chi connectivity index (χ0n) is 74.8. The Bertz CT molecular complexity index is 3380. The first-order chi connectivity index (χ1) is 55.4. The normalized spacial score (nSPS) is 20.7. The third-order valence-electron chi connectivity index (χ3n) is 29.1. The molecule has 2 aliphatic heterocycles. The van der Waals surface area contributed by atoms with Crippen molar-refractivity contribution in [2.75, 3.05) is 6.54 Å². The number of hydrogen-bond acceptors (Lipinski definition) is 8. The molecule has 9 unspecified atom stereocenters. The zero-order chi connectivity index (χ0) is 81.8. The summed E-state index contributed by atoms with van der Waals surface area (Å²) in [6.45, 7) is 18.6. The van der Waals surface area contributed by atoms with Crippen LogP contribution < -0.4 is 22.2 Å². The summed E-state index contributed by atoms with van der Waals surface area (Å²) in [5.41, 5.74) is -2.41. The lowest BCUT2D eigenvalue weighted by Crippen LogP contribution is -2.47. The molecule has 9 atom stereocenters. The van der Waals surface area contributed by atoms with Crippen LogP contribution in [0.15, 0.2) is 55.6 Å². The average molecular weight is 1580 g/mol. The number of nitrogens with zero attached hydrogens (tertiary/aromatic N) is 4. The molecule has 0 saturated heterocycles. The van der Waals surface area contributed by atoms with Gasteiger partial charge in [0, 0.05) is 48.5 Å². The lowest BCUT2D eigenvalue weighted by molar-refractivity contribution is -0.143. The monoisotopic (exact) mass is 1580 g/mol. The van der Waals surface area contributed by atoms with E-state index in [9.17, 15) is 38.4 Å². The molecule has 0 N–H and O–H groups in total. The number of carbonyl (C=O) groups excluding carboxylic acids is 4. The highest BCUT2D eigenvalue weighted by Crippen LogP contribution is 2.50. The minimum atomic E-state index is -0.664. The fourth-order valence-electron chi connectivity index (χ4n) is 22.3. The average Bonchev–Trinajstić information content (AvgIpc) is 1.57. The molecule has 4 aliphatic rings. The number of benzene rings is 1. The molecule has 646 valence electrons. The minimum absolute atomic E-state index is 0.165. The minimum Gasteiger partial charge on any atom is -0.275 e. The van der Waals surface area contributed by atoms with Crippen LogP contribution in [0, 0.1) is 47.3 Å². The maximum Gasteiger partial charge on any atom is 0.262 e. The Labute approximate surface area is 695 Å². The fourth-order valence-corrected chi connectivity index (χ4v) is 22.3. The first-order valence-corrected chi connectivity index (χ1v) is 49.5. The third-order valence-corrected chi connectivity index (χ3v) is 29.1. The van der Waals surface area contributed by atoms with E-state index in [-0.39, 0.29) is 67.4 Å². The molecular weight excluding hydrogens is 1410 g/mol. The molecule has 0 bridgehead atoms. The Morgan fingerprint density at radius 2 is 0.518 bits per heavy atom. The Hall–Kier alpha value is -4.74. The van der Waals surface area contributed by atoms with Gasteiger partial charge in [-0.3, -0.25) is 57.3 Å². The van der Waals surface area contributed by atoms with Gasteiger partial charge in [0.2, 0.25) is 0 Å². The summed E-state index contributed by atoms with van der Waals surface area (Å²) in [4.78, 5) is 110. The van der Waals surface area contributed by atoms with E-state index in [0.29, 0.717) is 13.1 Å². The standard InChI is InChI=1S/C102H170N4O8/c1-9-14-19-24-36-49-62-85-82(59-46-23-18-13-5)67-69-84(87(85)64-51-38-28-32-43-56-77-103-93(107)70-71-94(103)108)61-48-35-27-31-42-55-76-102(8,75-54-40-21-16-11-3)106-99(113)91-79-89-90(80-92(91)100(106)114)98(112)104(97(89)111)78-57-44-33-29-39-52-65-88-83(60-47-34-26-30-41-53-74-101(6,7)105-95(109)72-73-96(105)110)68-66-81(58-45-22-17-12-4)86(88)63-50-37-25-20-15-10-2/h70-73,79-88H,9-69,74-78H2,1-8H3. The molecule has 0 radical (unpaired) electrons. The molecule has 12 nitrogen and oxygen atoms in total. The Morgan fingerprint density at radius 1 is 0.272 bits per heavy atom. The lowest BCUT2D eigenvalue weighted by Gasteiger charge is -2.44. The number of carbonyl (C=O) groups is 4. The van der Waals surface area contributed by atoms with E-state index >= 15 is 0 Å². The number of fused-ring (bicyclic) bond motifs is 2. The topological polar surface area (TPSA) is 153 Å². The van der Waals surface area contributed by atoms with Crippen LogP contribution >= 0.6 is 0 Å². The summed E-state index contributed by atoms with van der Waals surface area (Å²) in [5, 5.41) is 1.09. The Kier molecular flexibility index (Phi) is 46.0. The highest BCUT2D eigenvalue weighted by molar-refractivity contribution is 6.13. The lowest BCUT2D eigenvalue weighted by atomic mass is 9.61. The fraction of sp³-hybridized carbons (Fsp3) is 0.824. The molecule has 2 aliphatic carbocycles. The Balaban J connectivity index is 0.905. The van der Waals surface area contributed by atoms with Gasteiger partial charge in [0.1, 0.15) is 0 Å². The van der Waals surface area contributed by atoms with Crippen molar-refractivity contribution >= 4 is 45.2 Å². The molecule has 2 fully saturated rings. The molecule has 0 spiro atoms. The largest absolute Gasteiger partial charge is 0.275 e. The SMILES string of the molecule is CCCCCCCCC1C(CCCCCC)CCC(CCCCCCCCC(C)(CCCCCCC)n2c(=O)c3cc4c(=O)n(CCCCCCCCC5C(CCCCCCCCC(C)(C)N6C(=O)C=CC6=O)CCC(CCCCCC)C5CCCCCCCC)c(=O)c4cc3c2=O)C1CCCCCCCCN1C(=O)C=CC1=O. The van der Waals surface area contributed by atoms with E-state index in [1.54, 1.807) is 16.7 Å². The van der Waals surface area contributed by atoms with Crippen LogP contribution in [0.25, 0.3) is 21.5 Å². The summed E-state index contributed by atoms with van der Waals surface area (Å²) in [5.74, 6) is 6.03. The van der Waals surface area contributed by atoms with Gasteiger partial charge in [-0.1, -0.05) is 362 Å². The number of rotatable bonds is 68. The molecule has 7 rings (SSSR count). The number of amides is 4. The van der Waals surface area contributed by atoms with E-state index in [1.165, 1.54) is 334 Å². The molecule has 114 heavy (non-hydrogen) atoms. The summed E-state index contributed by atoms with van der Waals surface area (Å²) < 4.78 is 2.93. The second-order valence-corrected chi connectivity index (χ2v) is 38.4. The van der Waals surface area contributed by atoms with Crippen molar-refractivity contribution in [3.05, 3.63) is 77.9 Å². The molecule has 3 aromatic rings. The first kappa shape index (κ1) is 96.4. The molecule has 4 amide bonds. The van der Waals surface area contributed by atoms with Gasteiger partial charge in [-0.05, 0) is 164 Å². The predicted octanol–water partition coefficient (Wildman–Crippen LogP) is 27.3. The van der Waals surface area contributed by atoms with Crippen LogP contribution in [-0.4, -0.2) is 54.6 Å². The summed E-state index contributed by atoms with van der Waals surface area (Å²) >= 11 is 0. The van der Waals surface area contributed by atoms with Crippen LogP contribution in [0.2, 0.25) is 0 Å². The Morgan fingerprint density at radius 3 is 0.842 bits per heavy atom. The molecule has 1 aromatic carbocycles. The van der Waals surface area contributed by atoms with Crippen molar-refractivity contribution < 1.29 is 19.2 Å². The van der Waals surface area contributed by atoms with E-state index < -0.39 is 11.1 Å². The van der Waals surface area contributed by atoms with E-state index in [2.05, 4.69) is 41.5 Å². The van der Waals surface area contributed by atoms with Gasteiger partial charge in [0.05, 0.1) is 21.5 Å². The molecular formula is C102H170N4O8. The van der Waals surface area contributed by atoms with Crippen molar-refractivity contribution in [3.8, 4) is 0 Å². The zero-order valence-corrected chi connectivity index (χ0v) is 74.8. The predicted molar refractivity (Wildman–Crippen MR) is 481 cm³/mol. The second-order valence-electron chi connectivity index (χ2n) is 38.4. The van der Waals surface area contributed by atoms with Crippen molar-refractivity contribution in [3.63, 3.8) is 0 Å². The van der Waals surface area contributed by atoms with E-state index in [0.717, 1.165) is 163 Å². The van der Waals surface area contributed by atoms with Gasteiger partial charge >= 0.3 is 0 Å². The second kappa shape index (κ2) is 54.4. The first-order valence-electron chi connectivity index (χ1n) is 49.5. The van der Waals surface area contributed by atoms with Crippen LogP contribution in [0.3, 0.4) is 0 Å². The summed E-state index contributed by atoms with van der Waals surface area (Å²) in [6, 6.07) is 3.20.